The van der Waals surface area contributed by atoms with Gasteiger partial charge in [0.15, 0.2) is 0 Å². The molecule has 1 rings (SSSR count). The van der Waals surface area contributed by atoms with Crippen LogP contribution < -0.4 is 20.1 Å². The highest BCUT2D eigenvalue weighted by Gasteiger charge is 2.12. The third-order valence-corrected chi connectivity index (χ3v) is 2.74. The highest BCUT2D eigenvalue weighted by molar-refractivity contribution is 5.78. The first-order valence-electron chi connectivity index (χ1n) is 6.58. The third-order valence-electron chi connectivity index (χ3n) is 2.74. The maximum absolute atomic E-state index is 11.8. The number of carbonyl (C=O) groups is 1. The van der Waals surface area contributed by atoms with Crippen molar-refractivity contribution in [1.29, 1.82) is 0 Å². The molecule has 0 heterocycles. The van der Waals surface area contributed by atoms with Crippen LogP contribution in [0.3, 0.4) is 0 Å². The van der Waals surface area contributed by atoms with E-state index in [0.29, 0.717) is 6.54 Å². The van der Waals surface area contributed by atoms with Crippen molar-refractivity contribution in [3.8, 4) is 11.5 Å². The van der Waals surface area contributed by atoms with Crippen molar-refractivity contribution >= 4 is 5.91 Å². The van der Waals surface area contributed by atoms with E-state index >= 15 is 0 Å². The molecule has 5 nitrogen and oxygen atoms in total. The topological polar surface area (TPSA) is 59.6 Å². The van der Waals surface area contributed by atoms with Gasteiger partial charge in [0.05, 0.1) is 20.8 Å². The van der Waals surface area contributed by atoms with Gasteiger partial charge in [-0.05, 0) is 39.0 Å². The van der Waals surface area contributed by atoms with Gasteiger partial charge in [0.2, 0.25) is 5.91 Å². The van der Waals surface area contributed by atoms with Crippen LogP contribution in [0.15, 0.2) is 18.2 Å². The van der Waals surface area contributed by atoms with E-state index in [9.17, 15) is 4.79 Å². The summed E-state index contributed by atoms with van der Waals surface area (Å²) in [6.45, 7) is 6.75. The number of hydrogen-bond acceptors (Lipinski definition) is 4. The van der Waals surface area contributed by atoms with Crippen molar-refractivity contribution in [2.24, 2.45) is 0 Å². The van der Waals surface area contributed by atoms with Crippen molar-refractivity contribution in [3.05, 3.63) is 23.8 Å². The molecule has 0 bridgehead atoms. The van der Waals surface area contributed by atoms with Crippen LogP contribution in [0.25, 0.3) is 0 Å². The van der Waals surface area contributed by atoms with Gasteiger partial charge >= 0.3 is 0 Å². The van der Waals surface area contributed by atoms with E-state index in [1.807, 2.05) is 39.0 Å². The van der Waals surface area contributed by atoms with Crippen molar-refractivity contribution < 1.29 is 14.3 Å². The molecule has 0 atom stereocenters. The van der Waals surface area contributed by atoms with Crippen LogP contribution in [0, 0.1) is 0 Å². The molecule has 0 radical (unpaired) electrons. The van der Waals surface area contributed by atoms with Crippen molar-refractivity contribution in [1.82, 2.24) is 10.6 Å². The number of ether oxygens (including phenoxy) is 2. The number of benzene rings is 1. The lowest BCUT2D eigenvalue weighted by molar-refractivity contribution is -0.120. The van der Waals surface area contributed by atoms with Crippen molar-refractivity contribution in [3.63, 3.8) is 0 Å². The molecule has 0 aliphatic rings. The molecule has 0 unspecified atom stereocenters. The Hall–Kier alpha value is -1.75. The predicted molar refractivity (Wildman–Crippen MR) is 79.1 cm³/mol. The lowest BCUT2D eigenvalue weighted by Gasteiger charge is -2.20. The maximum Gasteiger partial charge on any atom is 0.234 e. The Labute approximate surface area is 120 Å². The summed E-state index contributed by atoms with van der Waals surface area (Å²) in [5.74, 6) is 1.42. The Morgan fingerprint density at radius 3 is 2.45 bits per heavy atom. The highest BCUT2D eigenvalue weighted by atomic mass is 16.5. The first kappa shape index (κ1) is 16.3. The highest BCUT2D eigenvalue weighted by Crippen LogP contribution is 2.23. The van der Waals surface area contributed by atoms with Crippen LogP contribution in [-0.2, 0) is 11.3 Å². The number of hydrogen-bond donors (Lipinski definition) is 2. The molecule has 0 saturated heterocycles. The van der Waals surface area contributed by atoms with E-state index in [-0.39, 0.29) is 18.0 Å². The molecule has 0 fully saturated rings. The van der Waals surface area contributed by atoms with Gasteiger partial charge in [-0.1, -0.05) is 0 Å². The number of amides is 1. The number of nitrogens with one attached hydrogen (secondary N) is 2. The van der Waals surface area contributed by atoms with E-state index in [0.717, 1.165) is 17.1 Å². The molecule has 20 heavy (non-hydrogen) atoms. The zero-order valence-electron chi connectivity index (χ0n) is 12.9. The van der Waals surface area contributed by atoms with Crippen molar-refractivity contribution in [2.45, 2.75) is 32.9 Å². The fourth-order valence-electron chi connectivity index (χ4n) is 1.62. The summed E-state index contributed by atoms with van der Waals surface area (Å²) in [5, 5.41) is 6.00. The Balaban J connectivity index is 2.58. The lowest BCUT2D eigenvalue weighted by Crippen LogP contribution is -2.43. The molecule has 1 aromatic rings. The average Bonchev–Trinajstić information content (AvgIpc) is 2.41. The smallest absolute Gasteiger partial charge is 0.234 e. The summed E-state index contributed by atoms with van der Waals surface area (Å²) in [5.41, 5.74) is 0.807. The van der Waals surface area contributed by atoms with Crippen LogP contribution in [0.1, 0.15) is 26.3 Å². The van der Waals surface area contributed by atoms with Crippen molar-refractivity contribution in [2.75, 3.05) is 20.8 Å². The standard InChI is InChI=1S/C15H24N2O3/c1-15(2,3)17-10-14(18)16-9-11-8-12(19-4)6-7-13(11)20-5/h6-8,17H,9-10H2,1-5H3,(H,16,18). The van der Waals surface area contributed by atoms with Gasteiger partial charge in [0.1, 0.15) is 11.5 Å². The van der Waals surface area contributed by atoms with Crippen LogP contribution in [0.5, 0.6) is 11.5 Å². The molecule has 0 aromatic heterocycles. The summed E-state index contributed by atoms with van der Waals surface area (Å²) in [6.07, 6.45) is 0. The summed E-state index contributed by atoms with van der Waals surface area (Å²) in [7, 11) is 3.21. The molecule has 0 spiro atoms. The summed E-state index contributed by atoms with van der Waals surface area (Å²) < 4.78 is 10.4. The SMILES string of the molecule is COc1ccc(OC)c(CNC(=O)CNC(C)(C)C)c1. The zero-order chi connectivity index (χ0) is 15.2. The summed E-state index contributed by atoms with van der Waals surface area (Å²) in [6, 6.07) is 5.51. The number of methoxy groups -OCH3 is 2. The lowest BCUT2D eigenvalue weighted by atomic mass is 10.1. The van der Waals surface area contributed by atoms with E-state index in [1.54, 1.807) is 14.2 Å². The third kappa shape index (κ3) is 5.48. The number of rotatable bonds is 6. The average molecular weight is 280 g/mol. The molecule has 1 aromatic carbocycles. The van der Waals surface area contributed by atoms with E-state index in [1.165, 1.54) is 0 Å². The van der Waals surface area contributed by atoms with Crippen LogP contribution in [0.2, 0.25) is 0 Å². The normalized spacial score (nSPS) is 11.1. The van der Waals surface area contributed by atoms with E-state index in [2.05, 4.69) is 10.6 Å². The molecular formula is C15H24N2O3. The minimum absolute atomic E-state index is 0.0511. The minimum atomic E-state index is -0.0784. The molecular weight excluding hydrogens is 256 g/mol. The Bertz CT molecular complexity index is 453. The van der Waals surface area contributed by atoms with Crippen LogP contribution in [0.4, 0.5) is 0 Å². The molecule has 0 aliphatic heterocycles. The van der Waals surface area contributed by atoms with E-state index in [4.69, 9.17) is 9.47 Å². The first-order chi connectivity index (χ1) is 9.35. The fraction of sp³-hybridized carbons (Fsp3) is 0.533. The molecule has 0 saturated carbocycles. The molecule has 1 amide bonds. The minimum Gasteiger partial charge on any atom is -0.497 e. The summed E-state index contributed by atoms with van der Waals surface area (Å²) in [4.78, 5) is 11.8. The zero-order valence-corrected chi connectivity index (χ0v) is 12.9. The second-order valence-electron chi connectivity index (χ2n) is 5.56. The maximum atomic E-state index is 11.8. The Kier molecular flexibility index (Phi) is 5.82. The molecule has 112 valence electrons. The number of carbonyl (C=O) groups excluding carboxylic acids is 1. The second kappa shape index (κ2) is 7.14. The van der Waals surface area contributed by atoms with Gasteiger partial charge in [0.25, 0.3) is 0 Å². The Morgan fingerprint density at radius 2 is 1.90 bits per heavy atom. The molecule has 0 aliphatic carbocycles. The van der Waals surface area contributed by atoms with Gasteiger partial charge in [-0.25, -0.2) is 0 Å². The summed E-state index contributed by atoms with van der Waals surface area (Å²) >= 11 is 0. The van der Waals surface area contributed by atoms with Crippen LogP contribution in [-0.4, -0.2) is 32.2 Å². The van der Waals surface area contributed by atoms with E-state index < -0.39 is 0 Å². The van der Waals surface area contributed by atoms with Gasteiger partial charge in [-0.15, -0.1) is 0 Å². The quantitative estimate of drug-likeness (QED) is 0.833. The molecule has 2 N–H and O–H groups in total. The van der Waals surface area contributed by atoms with Gasteiger partial charge in [-0.2, -0.15) is 0 Å². The fourth-order valence-corrected chi connectivity index (χ4v) is 1.62. The van der Waals surface area contributed by atoms with Gasteiger partial charge in [0, 0.05) is 17.6 Å². The van der Waals surface area contributed by atoms with Crippen LogP contribution >= 0.6 is 0 Å². The monoisotopic (exact) mass is 280 g/mol. The van der Waals surface area contributed by atoms with Gasteiger partial charge in [-0.3, -0.25) is 4.79 Å². The largest absolute Gasteiger partial charge is 0.497 e. The van der Waals surface area contributed by atoms with Gasteiger partial charge < -0.3 is 20.1 Å². The Morgan fingerprint density at radius 1 is 1.20 bits per heavy atom. The second-order valence-corrected chi connectivity index (χ2v) is 5.56. The first-order valence-corrected chi connectivity index (χ1v) is 6.58. The predicted octanol–water partition coefficient (Wildman–Crippen LogP) is 1.71. The molecule has 5 heteroatoms.